The second-order valence-electron chi connectivity index (χ2n) is 4.99. The fraction of sp³-hybridized carbons (Fsp3) is 0.250. The molecule has 5 nitrogen and oxygen atoms in total. The highest BCUT2D eigenvalue weighted by Gasteiger charge is 2.22. The molecule has 0 saturated heterocycles. The number of aryl methyl sites for hydroxylation is 2. The fourth-order valence-electron chi connectivity index (χ4n) is 1.94. The number of hydrogen-bond donors (Lipinski definition) is 1. The van der Waals surface area contributed by atoms with E-state index in [-0.39, 0.29) is 0 Å². The molecule has 2 rings (SSSR count). The third-order valence-electron chi connectivity index (χ3n) is 3.10. The summed E-state index contributed by atoms with van der Waals surface area (Å²) in [5.74, 6) is -0.102. The molecule has 1 aromatic heterocycles. The van der Waals surface area contributed by atoms with E-state index >= 15 is 0 Å². The Labute approximate surface area is 143 Å². The van der Waals surface area contributed by atoms with Crippen molar-refractivity contribution in [2.75, 3.05) is 5.32 Å². The number of halogens is 2. The van der Waals surface area contributed by atoms with Gasteiger partial charge in [-0.05, 0) is 45.0 Å². The Morgan fingerprint density at radius 3 is 2.52 bits per heavy atom. The van der Waals surface area contributed by atoms with Crippen LogP contribution in [0.4, 0.5) is 5.69 Å². The Hall–Kier alpha value is -1.98. The van der Waals surface area contributed by atoms with E-state index < -0.39 is 18.0 Å². The van der Waals surface area contributed by atoms with Crippen molar-refractivity contribution in [3.63, 3.8) is 0 Å². The van der Waals surface area contributed by atoms with Crippen LogP contribution in [0.25, 0.3) is 0 Å². The molecule has 122 valence electrons. The van der Waals surface area contributed by atoms with Crippen LogP contribution in [-0.2, 0) is 9.53 Å². The third kappa shape index (κ3) is 4.27. The molecule has 0 aliphatic carbocycles. The number of esters is 1. The maximum atomic E-state index is 12.1. The van der Waals surface area contributed by atoms with Crippen LogP contribution in [0.1, 0.15) is 28.8 Å². The van der Waals surface area contributed by atoms with E-state index in [1.165, 1.54) is 13.0 Å². The summed E-state index contributed by atoms with van der Waals surface area (Å²) >= 11 is 11.8. The predicted octanol–water partition coefficient (Wildman–Crippen LogP) is 4.39. The first-order valence-electron chi connectivity index (χ1n) is 6.82. The van der Waals surface area contributed by atoms with Crippen molar-refractivity contribution in [3.05, 3.63) is 51.4 Å². The fourth-order valence-corrected chi connectivity index (χ4v) is 2.28. The molecule has 0 bridgehead atoms. The molecule has 1 atom stereocenters. The molecule has 0 radical (unpaired) electrons. The Morgan fingerprint density at radius 2 is 1.91 bits per heavy atom. The topological polar surface area (TPSA) is 68.5 Å². The largest absolute Gasteiger partial charge is 0.466 e. The van der Waals surface area contributed by atoms with Crippen molar-refractivity contribution in [3.8, 4) is 0 Å². The zero-order chi connectivity index (χ0) is 17.1. The summed E-state index contributed by atoms with van der Waals surface area (Å²) in [4.78, 5) is 24.2. The first-order chi connectivity index (χ1) is 10.8. The van der Waals surface area contributed by atoms with E-state index in [1.807, 2.05) is 0 Å². The number of anilines is 1. The van der Waals surface area contributed by atoms with Crippen LogP contribution in [0.2, 0.25) is 10.0 Å². The van der Waals surface area contributed by atoms with Crippen LogP contribution >= 0.6 is 23.2 Å². The van der Waals surface area contributed by atoms with Gasteiger partial charge in [-0.3, -0.25) is 4.79 Å². The highest BCUT2D eigenvalue weighted by molar-refractivity contribution is 6.35. The molecule has 2 aromatic rings. The maximum absolute atomic E-state index is 12.1. The molecular formula is C16H15Cl2NO4. The van der Waals surface area contributed by atoms with E-state index in [4.69, 9.17) is 32.4 Å². The van der Waals surface area contributed by atoms with E-state index in [9.17, 15) is 9.59 Å². The van der Waals surface area contributed by atoms with Crippen molar-refractivity contribution < 1.29 is 18.7 Å². The standard InChI is InChI=1S/C16H15Cl2NO4/c1-8-6-12(9(2)22-8)16(21)23-10(3)15(20)19-14-7-11(17)4-5-13(14)18/h4-7,10H,1-3H3,(H,19,20)/t10-/m0/s1. The molecule has 0 aliphatic heterocycles. The van der Waals surface area contributed by atoms with Crippen molar-refractivity contribution in [1.82, 2.24) is 0 Å². The van der Waals surface area contributed by atoms with Gasteiger partial charge in [0.05, 0.1) is 10.7 Å². The maximum Gasteiger partial charge on any atom is 0.342 e. The molecule has 0 spiro atoms. The number of amides is 1. The van der Waals surface area contributed by atoms with Crippen LogP contribution in [0.15, 0.2) is 28.7 Å². The summed E-state index contributed by atoms with van der Waals surface area (Å²) in [6, 6.07) is 6.25. The van der Waals surface area contributed by atoms with Crippen LogP contribution in [0.5, 0.6) is 0 Å². The van der Waals surface area contributed by atoms with Gasteiger partial charge < -0.3 is 14.5 Å². The zero-order valence-corrected chi connectivity index (χ0v) is 14.3. The highest BCUT2D eigenvalue weighted by atomic mass is 35.5. The van der Waals surface area contributed by atoms with Crippen molar-refractivity contribution >= 4 is 40.8 Å². The molecule has 23 heavy (non-hydrogen) atoms. The summed E-state index contributed by atoms with van der Waals surface area (Å²) in [7, 11) is 0. The zero-order valence-electron chi connectivity index (χ0n) is 12.8. The Balaban J connectivity index is 2.04. The quantitative estimate of drug-likeness (QED) is 0.825. The average Bonchev–Trinajstić information content (AvgIpc) is 2.81. The summed E-state index contributed by atoms with van der Waals surface area (Å²) < 4.78 is 10.4. The Morgan fingerprint density at radius 1 is 1.22 bits per heavy atom. The van der Waals surface area contributed by atoms with Gasteiger partial charge in [-0.2, -0.15) is 0 Å². The minimum atomic E-state index is -1.01. The Kier molecular flexibility index (Phi) is 5.34. The van der Waals surface area contributed by atoms with Crippen molar-refractivity contribution in [2.45, 2.75) is 26.9 Å². The van der Waals surface area contributed by atoms with Gasteiger partial charge in [-0.15, -0.1) is 0 Å². The van der Waals surface area contributed by atoms with Gasteiger partial charge in [0, 0.05) is 5.02 Å². The minimum absolute atomic E-state index is 0.294. The molecule has 0 saturated carbocycles. The number of benzene rings is 1. The molecular weight excluding hydrogens is 341 g/mol. The lowest BCUT2D eigenvalue weighted by molar-refractivity contribution is -0.123. The molecule has 1 aromatic carbocycles. The SMILES string of the molecule is Cc1cc(C(=O)O[C@@H](C)C(=O)Nc2cc(Cl)ccc2Cl)c(C)o1. The smallest absolute Gasteiger partial charge is 0.342 e. The van der Waals surface area contributed by atoms with Crippen LogP contribution in [0.3, 0.4) is 0 Å². The van der Waals surface area contributed by atoms with Crippen LogP contribution in [0, 0.1) is 13.8 Å². The lowest BCUT2D eigenvalue weighted by Crippen LogP contribution is -2.30. The molecule has 0 aliphatic rings. The number of carbonyl (C=O) groups excluding carboxylic acids is 2. The Bertz CT molecular complexity index is 755. The summed E-state index contributed by atoms with van der Waals surface area (Å²) in [5.41, 5.74) is 0.644. The van der Waals surface area contributed by atoms with Crippen LogP contribution in [-0.4, -0.2) is 18.0 Å². The molecule has 0 fully saturated rings. The second-order valence-corrected chi connectivity index (χ2v) is 5.83. The number of carbonyl (C=O) groups is 2. The van der Waals surface area contributed by atoms with Gasteiger partial charge in [0.2, 0.25) is 0 Å². The normalized spacial score (nSPS) is 11.9. The van der Waals surface area contributed by atoms with Gasteiger partial charge in [0.1, 0.15) is 17.1 Å². The second kappa shape index (κ2) is 7.06. The average molecular weight is 356 g/mol. The molecule has 1 amide bonds. The number of rotatable bonds is 4. The van der Waals surface area contributed by atoms with Gasteiger partial charge in [-0.25, -0.2) is 4.79 Å². The minimum Gasteiger partial charge on any atom is -0.466 e. The molecule has 7 heteroatoms. The van der Waals surface area contributed by atoms with Crippen LogP contribution < -0.4 is 5.32 Å². The lowest BCUT2D eigenvalue weighted by Gasteiger charge is -2.14. The summed E-state index contributed by atoms with van der Waals surface area (Å²) in [5, 5.41) is 3.34. The third-order valence-corrected chi connectivity index (χ3v) is 3.66. The van der Waals surface area contributed by atoms with Gasteiger partial charge in [0.15, 0.2) is 6.10 Å². The van der Waals surface area contributed by atoms with Gasteiger partial charge in [0.25, 0.3) is 5.91 Å². The molecule has 0 unspecified atom stereocenters. The van der Waals surface area contributed by atoms with E-state index in [0.717, 1.165) is 0 Å². The van der Waals surface area contributed by atoms with Crippen molar-refractivity contribution in [2.24, 2.45) is 0 Å². The summed E-state index contributed by atoms with van der Waals surface area (Å²) in [6.07, 6.45) is -1.01. The summed E-state index contributed by atoms with van der Waals surface area (Å²) in [6.45, 7) is 4.84. The first-order valence-corrected chi connectivity index (χ1v) is 7.57. The number of nitrogens with one attached hydrogen (secondary N) is 1. The van der Waals surface area contributed by atoms with Crippen molar-refractivity contribution in [1.29, 1.82) is 0 Å². The van der Waals surface area contributed by atoms with E-state index in [2.05, 4.69) is 5.32 Å². The monoisotopic (exact) mass is 355 g/mol. The van der Waals surface area contributed by atoms with Gasteiger partial charge >= 0.3 is 5.97 Å². The molecule has 1 N–H and O–H groups in total. The molecule has 1 heterocycles. The predicted molar refractivity (Wildman–Crippen MR) is 88.2 cm³/mol. The van der Waals surface area contributed by atoms with E-state index in [1.54, 1.807) is 32.0 Å². The lowest BCUT2D eigenvalue weighted by atomic mass is 10.2. The highest BCUT2D eigenvalue weighted by Crippen LogP contribution is 2.25. The number of furan rings is 1. The number of ether oxygens (including phenoxy) is 1. The first kappa shape index (κ1) is 17.4. The number of hydrogen-bond acceptors (Lipinski definition) is 4. The van der Waals surface area contributed by atoms with E-state index in [0.29, 0.717) is 32.8 Å². The van der Waals surface area contributed by atoms with Gasteiger partial charge in [-0.1, -0.05) is 23.2 Å².